The fraction of sp³-hybridized carbons (Fsp3) is 0.438. The van der Waals surface area contributed by atoms with Crippen molar-refractivity contribution in [1.29, 1.82) is 0 Å². The van der Waals surface area contributed by atoms with E-state index < -0.39 is 0 Å². The van der Waals surface area contributed by atoms with Crippen molar-refractivity contribution in [3.05, 3.63) is 47.0 Å². The first-order chi connectivity index (χ1) is 10.7. The Bertz CT molecular complexity index is 581. The van der Waals surface area contributed by atoms with Crippen LogP contribution in [0.2, 0.25) is 0 Å². The second kappa shape index (κ2) is 7.15. The molecule has 1 fully saturated rings. The Morgan fingerprint density at radius 3 is 2.59 bits per heavy atom. The van der Waals surface area contributed by atoms with E-state index in [4.69, 9.17) is 0 Å². The molecule has 6 heteroatoms. The van der Waals surface area contributed by atoms with Crippen LogP contribution in [0, 0.1) is 0 Å². The number of nitrogens with zero attached hydrogens (tertiary/aromatic N) is 5. The largest absolute Gasteiger partial charge is 0.341 e. The first-order valence-corrected chi connectivity index (χ1v) is 8.33. The van der Waals surface area contributed by atoms with Crippen LogP contribution in [-0.4, -0.2) is 46.0 Å². The van der Waals surface area contributed by atoms with E-state index in [1.165, 1.54) is 5.56 Å². The zero-order valence-corrected chi connectivity index (χ0v) is 14.3. The molecule has 0 aliphatic carbocycles. The molecule has 22 heavy (non-hydrogen) atoms. The third-order valence-electron chi connectivity index (χ3n) is 4.16. The summed E-state index contributed by atoms with van der Waals surface area (Å²) >= 11 is 3.37. The second-order valence-corrected chi connectivity index (χ2v) is 6.60. The summed E-state index contributed by atoms with van der Waals surface area (Å²) in [4.78, 5) is 17.6. The highest BCUT2D eigenvalue weighted by molar-refractivity contribution is 9.10. The molecule has 116 valence electrons. The second-order valence-electron chi connectivity index (χ2n) is 5.68. The minimum atomic E-state index is 0.506. The Kier molecular flexibility index (Phi) is 5.00. The molecule has 0 aromatic carbocycles. The van der Waals surface area contributed by atoms with Crippen molar-refractivity contribution >= 4 is 21.9 Å². The lowest BCUT2D eigenvalue weighted by Gasteiger charge is -2.36. The molecule has 2 aromatic rings. The van der Waals surface area contributed by atoms with Gasteiger partial charge in [-0.05, 0) is 40.4 Å². The third kappa shape index (κ3) is 3.81. The number of likely N-dealkylation sites (tertiary alicyclic amines) is 1. The summed E-state index contributed by atoms with van der Waals surface area (Å²) in [5.41, 5.74) is 1.28. The lowest BCUT2D eigenvalue weighted by atomic mass is 10.0. The SMILES string of the molecule is CN(c1ncc(Br)cn1)C1CCN(Cc2cccnc2)CC1. The van der Waals surface area contributed by atoms with Crippen molar-refractivity contribution in [2.24, 2.45) is 0 Å². The Hall–Kier alpha value is -1.53. The van der Waals surface area contributed by atoms with Crippen molar-refractivity contribution in [2.45, 2.75) is 25.4 Å². The van der Waals surface area contributed by atoms with Crippen LogP contribution < -0.4 is 4.90 Å². The summed E-state index contributed by atoms with van der Waals surface area (Å²) in [5, 5.41) is 0. The molecule has 2 aromatic heterocycles. The van der Waals surface area contributed by atoms with Gasteiger partial charge in [-0.1, -0.05) is 6.07 Å². The topological polar surface area (TPSA) is 45.2 Å². The van der Waals surface area contributed by atoms with Gasteiger partial charge in [0, 0.05) is 57.5 Å². The van der Waals surface area contributed by atoms with Crippen LogP contribution in [0.15, 0.2) is 41.4 Å². The van der Waals surface area contributed by atoms with Gasteiger partial charge in [0.2, 0.25) is 5.95 Å². The van der Waals surface area contributed by atoms with Gasteiger partial charge in [-0.3, -0.25) is 9.88 Å². The smallest absolute Gasteiger partial charge is 0.225 e. The maximum absolute atomic E-state index is 4.39. The molecule has 0 bridgehead atoms. The van der Waals surface area contributed by atoms with E-state index in [2.05, 4.69) is 53.8 Å². The zero-order chi connectivity index (χ0) is 15.4. The van der Waals surface area contributed by atoms with Crippen molar-refractivity contribution in [3.8, 4) is 0 Å². The van der Waals surface area contributed by atoms with E-state index in [1.54, 1.807) is 12.4 Å². The number of anilines is 1. The Morgan fingerprint density at radius 2 is 1.95 bits per heavy atom. The molecule has 5 nitrogen and oxygen atoms in total. The van der Waals surface area contributed by atoms with E-state index >= 15 is 0 Å². The summed E-state index contributed by atoms with van der Waals surface area (Å²) in [7, 11) is 2.09. The normalized spacial score (nSPS) is 16.6. The van der Waals surface area contributed by atoms with Crippen LogP contribution in [0.3, 0.4) is 0 Å². The predicted molar refractivity (Wildman–Crippen MR) is 90.7 cm³/mol. The molecule has 0 spiro atoms. The number of pyridine rings is 1. The van der Waals surface area contributed by atoms with Crippen LogP contribution in [-0.2, 0) is 6.54 Å². The van der Waals surface area contributed by atoms with Gasteiger partial charge in [-0.2, -0.15) is 0 Å². The molecule has 3 heterocycles. The van der Waals surface area contributed by atoms with Gasteiger partial charge in [0.15, 0.2) is 0 Å². The van der Waals surface area contributed by atoms with Crippen LogP contribution in [0.4, 0.5) is 5.95 Å². The maximum atomic E-state index is 4.39. The fourth-order valence-corrected chi connectivity index (χ4v) is 3.07. The minimum Gasteiger partial charge on any atom is -0.341 e. The average molecular weight is 362 g/mol. The molecule has 1 aliphatic heterocycles. The molecule has 3 rings (SSSR count). The van der Waals surface area contributed by atoms with Gasteiger partial charge in [-0.25, -0.2) is 9.97 Å². The van der Waals surface area contributed by atoms with Crippen LogP contribution in [0.25, 0.3) is 0 Å². The number of hydrogen-bond acceptors (Lipinski definition) is 5. The number of halogens is 1. The number of piperidine rings is 1. The van der Waals surface area contributed by atoms with E-state index in [0.717, 1.165) is 42.9 Å². The van der Waals surface area contributed by atoms with Gasteiger partial charge in [0.1, 0.15) is 0 Å². The number of rotatable bonds is 4. The predicted octanol–water partition coefficient (Wildman–Crippen LogP) is 2.73. The molecule has 1 saturated heterocycles. The van der Waals surface area contributed by atoms with Gasteiger partial charge in [-0.15, -0.1) is 0 Å². The van der Waals surface area contributed by atoms with Crippen LogP contribution in [0.1, 0.15) is 18.4 Å². The molecular weight excluding hydrogens is 342 g/mol. The van der Waals surface area contributed by atoms with Crippen molar-refractivity contribution in [2.75, 3.05) is 25.0 Å². The molecule has 1 aliphatic rings. The third-order valence-corrected chi connectivity index (χ3v) is 4.57. The van der Waals surface area contributed by atoms with Crippen LogP contribution in [0.5, 0.6) is 0 Å². The van der Waals surface area contributed by atoms with E-state index in [1.807, 2.05) is 18.5 Å². The fourth-order valence-electron chi connectivity index (χ4n) is 2.87. The number of hydrogen-bond donors (Lipinski definition) is 0. The lowest BCUT2D eigenvalue weighted by Crippen LogP contribution is -2.43. The summed E-state index contributed by atoms with van der Waals surface area (Å²) in [5.74, 6) is 0.800. The summed E-state index contributed by atoms with van der Waals surface area (Å²) in [6.07, 6.45) is 9.65. The average Bonchev–Trinajstić information content (AvgIpc) is 2.57. The summed E-state index contributed by atoms with van der Waals surface area (Å²) in [6.45, 7) is 3.18. The quantitative estimate of drug-likeness (QED) is 0.837. The molecule has 0 N–H and O–H groups in total. The van der Waals surface area contributed by atoms with E-state index in [0.29, 0.717) is 6.04 Å². The van der Waals surface area contributed by atoms with Gasteiger partial charge in [0.05, 0.1) is 4.47 Å². The van der Waals surface area contributed by atoms with Crippen molar-refractivity contribution in [1.82, 2.24) is 19.9 Å². The van der Waals surface area contributed by atoms with Crippen molar-refractivity contribution < 1.29 is 0 Å². The molecule has 0 radical (unpaired) electrons. The Morgan fingerprint density at radius 1 is 1.23 bits per heavy atom. The van der Waals surface area contributed by atoms with Gasteiger partial charge in [0.25, 0.3) is 0 Å². The first-order valence-electron chi connectivity index (χ1n) is 7.54. The maximum Gasteiger partial charge on any atom is 0.225 e. The molecular formula is C16H20BrN5. The summed E-state index contributed by atoms with van der Waals surface area (Å²) < 4.78 is 0.913. The van der Waals surface area contributed by atoms with E-state index in [-0.39, 0.29) is 0 Å². The van der Waals surface area contributed by atoms with Crippen molar-refractivity contribution in [3.63, 3.8) is 0 Å². The van der Waals surface area contributed by atoms with E-state index in [9.17, 15) is 0 Å². The zero-order valence-electron chi connectivity index (χ0n) is 12.7. The summed E-state index contributed by atoms with van der Waals surface area (Å²) in [6, 6.07) is 4.65. The Labute approximate surface area is 139 Å². The molecule has 0 atom stereocenters. The highest BCUT2D eigenvalue weighted by atomic mass is 79.9. The minimum absolute atomic E-state index is 0.506. The monoisotopic (exact) mass is 361 g/mol. The standard InChI is InChI=1S/C16H20BrN5/c1-21(16-19-10-14(17)11-20-16)15-4-7-22(8-5-15)12-13-3-2-6-18-9-13/h2-3,6,9-11,15H,4-5,7-8,12H2,1H3. The highest BCUT2D eigenvalue weighted by Gasteiger charge is 2.23. The molecule has 0 unspecified atom stereocenters. The first kappa shape index (κ1) is 15.4. The van der Waals surface area contributed by atoms with Crippen LogP contribution >= 0.6 is 15.9 Å². The molecule has 0 saturated carbocycles. The number of aromatic nitrogens is 3. The van der Waals surface area contributed by atoms with Gasteiger partial charge < -0.3 is 4.90 Å². The molecule has 0 amide bonds. The van der Waals surface area contributed by atoms with Gasteiger partial charge >= 0.3 is 0 Å². The lowest BCUT2D eigenvalue weighted by molar-refractivity contribution is 0.202. The Balaban J connectivity index is 1.54. The highest BCUT2D eigenvalue weighted by Crippen LogP contribution is 2.20.